The predicted molar refractivity (Wildman–Crippen MR) is 69.6 cm³/mol. The summed E-state index contributed by atoms with van der Waals surface area (Å²) >= 11 is 0. The highest BCUT2D eigenvalue weighted by Crippen LogP contribution is 2.31. The van der Waals surface area contributed by atoms with Crippen LogP contribution < -0.4 is 0 Å². The molecular weight excluding hydrogens is 262 g/mol. The largest absolute Gasteiger partial charge is 0.388 e. The van der Waals surface area contributed by atoms with Crippen molar-refractivity contribution in [3.8, 4) is 17.2 Å². The summed E-state index contributed by atoms with van der Waals surface area (Å²) in [5.41, 5.74) is 0.695. The van der Waals surface area contributed by atoms with Crippen LogP contribution in [0.15, 0.2) is 30.6 Å². The molecule has 0 saturated carbocycles. The van der Waals surface area contributed by atoms with E-state index in [9.17, 15) is 13.9 Å². The van der Waals surface area contributed by atoms with Gasteiger partial charge in [0.05, 0.1) is 17.9 Å². The standard InChI is InChI=1S/C15H12F2N2O/c1-2-14(20)15-11(7-19-8-13(15)17)9-3-4-10(6-18)12(16)5-9/h3-5,7-8,14,20H,2H2,1H3. The molecule has 2 rings (SSSR count). The highest BCUT2D eigenvalue weighted by atomic mass is 19.1. The van der Waals surface area contributed by atoms with Gasteiger partial charge in [0.2, 0.25) is 0 Å². The van der Waals surface area contributed by atoms with Crippen molar-refractivity contribution in [2.75, 3.05) is 0 Å². The van der Waals surface area contributed by atoms with Crippen molar-refractivity contribution in [1.29, 1.82) is 5.26 Å². The van der Waals surface area contributed by atoms with Gasteiger partial charge in [-0.05, 0) is 24.1 Å². The lowest BCUT2D eigenvalue weighted by molar-refractivity contribution is 0.169. The molecule has 102 valence electrons. The summed E-state index contributed by atoms with van der Waals surface area (Å²) in [6, 6.07) is 5.68. The van der Waals surface area contributed by atoms with Crippen LogP contribution in [0.5, 0.6) is 0 Å². The zero-order valence-corrected chi connectivity index (χ0v) is 10.8. The monoisotopic (exact) mass is 274 g/mol. The minimum Gasteiger partial charge on any atom is -0.388 e. The van der Waals surface area contributed by atoms with E-state index in [1.165, 1.54) is 18.3 Å². The molecule has 20 heavy (non-hydrogen) atoms. The number of nitriles is 1. The van der Waals surface area contributed by atoms with Gasteiger partial charge in [-0.2, -0.15) is 5.26 Å². The molecule has 0 fully saturated rings. The Morgan fingerprint density at radius 3 is 2.65 bits per heavy atom. The molecule has 0 spiro atoms. The maximum Gasteiger partial charge on any atom is 0.147 e. The third-order valence-corrected chi connectivity index (χ3v) is 3.06. The number of benzene rings is 1. The van der Waals surface area contributed by atoms with Crippen LogP contribution in [0.2, 0.25) is 0 Å². The van der Waals surface area contributed by atoms with E-state index in [2.05, 4.69) is 4.98 Å². The number of rotatable bonds is 3. The van der Waals surface area contributed by atoms with Crippen molar-refractivity contribution in [2.24, 2.45) is 0 Å². The molecule has 0 aliphatic rings. The van der Waals surface area contributed by atoms with Crippen molar-refractivity contribution in [2.45, 2.75) is 19.4 Å². The second kappa shape index (κ2) is 5.76. The lowest BCUT2D eigenvalue weighted by Gasteiger charge is -2.15. The summed E-state index contributed by atoms with van der Waals surface area (Å²) < 4.78 is 27.5. The molecular formula is C15H12F2N2O. The number of halogens is 2. The molecule has 0 amide bonds. The molecule has 0 saturated heterocycles. The first-order valence-electron chi connectivity index (χ1n) is 6.10. The maximum absolute atomic E-state index is 13.9. The van der Waals surface area contributed by atoms with E-state index in [1.54, 1.807) is 13.0 Å². The molecule has 0 bridgehead atoms. The van der Waals surface area contributed by atoms with Crippen molar-refractivity contribution in [3.05, 3.63) is 53.4 Å². The van der Waals surface area contributed by atoms with E-state index in [0.29, 0.717) is 17.5 Å². The molecule has 0 aliphatic heterocycles. The van der Waals surface area contributed by atoms with Crippen molar-refractivity contribution in [1.82, 2.24) is 4.98 Å². The summed E-state index contributed by atoms with van der Waals surface area (Å²) in [5.74, 6) is -1.33. The number of hydrogen-bond donors (Lipinski definition) is 1. The Hall–Kier alpha value is -2.32. The lowest BCUT2D eigenvalue weighted by Crippen LogP contribution is -2.03. The van der Waals surface area contributed by atoms with E-state index in [0.717, 1.165) is 12.3 Å². The van der Waals surface area contributed by atoms with Crippen LogP contribution in [0.1, 0.15) is 30.6 Å². The van der Waals surface area contributed by atoms with E-state index < -0.39 is 17.7 Å². The zero-order valence-electron chi connectivity index (χ0n) is 10.8. The van der Waals surface area contributed by atoms with Gasteiger partial charge >= 0.3 is 0 Å². The number of aliphatic hydroxyl groups is 1. The second-order valence-electron chi connectivity index (χ2n) is 4.31. The first-order valence-corrected chi connectivity index (χ1v) is 6.10. The predicted octanol–water partition coefficient (Wildman–Crippen LogP) is 3.34. The maximum atomic E-state index is 13.9. The topological polar surface area (TPSA) is 56.9 Å². The van der Waals surface area contributed by atoms with Gasteiger partial charge in [-0.15, -0.1) is 0 Å². The van der Waals surface area contributed by atoms with E-state index >= 15 is 0 Å². The Morgan fingerprint density at radius 2 is 2.05 bits per heavy atom. The van der Waals surface area contributed by atoms with E-state index in [4.69, 9.17) is 5.26 Å². The smallest absolute Gasteiger partial charge is 0.147 e. The number of aromatic nitrogens is 1. The van der Waals surface area contributed by atoms with Gasteiger partial charge in [-0.3, -0.25) is 4.98 Å². The number of aliphatic hydroxyl groups excluding tert-OH is 1. The van der Waals surface area contributed by atoms with Crippen LogP contribution in [0, 0.1) is 23.0 Å². The molecule has 0 radical (unpaired) electrons. The number of nitrogens with zero attached hydrogens (tertiary/aromatic N) is 2. The normalized spacial score (nSPS) is 11.9. The minimum absolute atomic E-state index is 0.0873. The van der Waals surface area contributed by atoms with Crippen LogP contribution >= 0.6 is 0 Å². The van der Waals surface area contributed by atoms with Gasteiger partial charge in [-0.25, -0.2) is 8.78 Å². The fourth-order valence-corrected chi connectivity index (χ4v) is 1.99. The third kappa shape index (κ3) is 2.51. The highest BCUT2D eigenvalue weighted by Gasteiger charge is 2.18. The molecule has 3 nitrogen and oxygen atoms in total. The highest BCUT2D eigenvalue weighted by molar-refractivity contribution is 5.68. The van der Waals surface area contributed by atoms with Crippen LogP contribution in [-0.2, 0) is 0 Å². The summed E-state index contributed by atoms with van der Waals surface area (Å²) in [5, 5.41) is 18.6. The first kappa shape index (κ1) is 14.1. The molecule has 1 aromatic carbocycles. The summed E-state index contributed by atoms with van der Waals surface area (Å²) in [7, 11) is 0. The molecule has 1 N–H and O–H groups in total. The van der Waals surface area contributed by atoms with Gasteiger partial charge in [0.1, 0.15) is 17.7 Å². The first-order chi connectivity index (χ1) is 9.58. The molecule has 1 aromatic heterocycles. The summed E-state index contributed by atoms with van der Waals surface area (Å²) in [4.78, 5) is 3.74. The van der Waals surface area contributed by atoms with Crippen molar-refractivity contribution < 1.29 is 13.9 Å². The van der Waals surface area contributed by atoms with Crippen LogP contribution in [0.25, 0.3) is 11.1 Å². The average molecular weight is 274 g/mol. The molecule has 2 aromatic rings. The average Bonchev–Trinajstić information content (AvgIpc) is 2.46. The molecule has 1 atom stereocenters. The molecule has 1 heterocycles. The minimum atomic E-state index is -0.994. The lowest BCUT2D eigenvalue weighted by atomic mass is 9.96. The SMILES string of the molecule is CCC(O)c1c(F)cncc1-c1ccc(C#N)c(F)c1. The second-order valence-corrected chi connectivity index (χ2v) is 4.31. The Morgan fingerprint density at radius 1 is 1.30 bits per heavy atom. The van der Waals surface area contributed by atoms with Crippen LogP contribution in [0.3, 0.4) is 0 Å². The van der Waals surface area contributed by atoms with E-state index in [-0.39, 0.29) is 11.1 Å². The van der Waals surface area contributed by atoms with Gasteiger partial charge in [0, 0.05) is 17.3 Å². The molecule has 1 unspecified atom stereocenters. The Kier molecular flexibility index (Phi) is 4.06. The number of pyridine rings is 1. The Balaban J connectivity index is 2.61. The fraction of sp³-hybridized carbons (Fsp3) is 0.200. The Labute approximate surface area is 115 Å². The van der Waals surface area contributed by atoms with Gasteiger partial charge in [0.15, 0.2) is 0 Å². The van der Waals surface area contributed by atoms with Gasteiger partial charge in [-0.1, -0.05) is 13.0 Å². The molecule has 5 heteroatoms. The Bertz CT molecular complexity index is 680. The zero-order chi connectivity index (χ0) is 14.7. The summed E-state index contributed by atoms with van der Waals surface area (Å²) in [6.45, 7) is 1.72. The van der Waals surface area contributed by atoms with Gasteiger partial charge in [0.25, 0.3) is 0 Å². The fourth-order valence-electron chi connectivity index (χ4n) is 1.99. The quantitative estimate of drug-likeness (QED) is 0.933. The number of hydrogen-bond acceptors (Lipinski definition) is 3. The van der Waals surface area contributed by atoms with Crippen molar-refractivity contribution >= 4 is 0 Å². The van der Waals surface area contributed by atoms with Crippen LogP contribution in [0.4, 0.5) is 8.78 Å². The summed E-state index contributed by atoms with van der Waals surface area (Å²) in [6.07, 6.45) is 1.72. The third-order valence-electron chi connectivity index (χ3n) is 3.06. The van der Waals surface area contributed by atoms with Crippen LogP contribution in [-0.4, -0.2) is 10.1 Å². The van der Waals surface area contributed by atoms with E-state index in [1.807, 2.05) is 0 Å². The van der Waals surface area contributed by atoms with Crippen molar-refractivity contribution in [3.63, 3.8) is 0 Å². The van der Waals surface area contributed by atoms with Gasteiger partial charge < -0.3 is 5.11 Å². The molecule has 0 aliphatic carbocycles.